The number of carbonyl (C=O) groups excluding carboxylic acids is 1. The Kier molecular flexibility index (Phi) is 4.65. The van der Waals surface area contributed by atoms with E-state index in [4.69, 9.17) is 0 Å². The third kappa shape index (κ3) is 3.16. The molecule has 0 spiro atoms. The number of thioether (sulfide) groups is 1. The molecule has 2 aromatic rings. The molecular weight excluding hydrogens is 302 g/mol. The molecule has 0 aromatic carbocycles. The first-order valence-electron chi connectivity index (χ1n) is 7.26. The van der Waals surface area contributed by atoms with Crippen molar-refractivity contribution in [2.75, 3.05) is 12.3 Å². The Balaban J connectivity index is 1.62. The zero-order chi connectivity index (χ0) is 14.7. The number of hydrogen-bond donors (Lipinski definition) is 0. The van der Waals surface area contributed by atoms with Gasteiger partial charge in [0.15, 0.2) is 5.16 Å². The first-order chi connectivity index (χ1) is 10.3. The normalized spacial score (nSPS) is 18.3. The molecule has 0 radical (unpaired) electrons. The molecule has 1 unspecified atom stereocenters. The summed E-state index contributed by atoms with van der Waals surface area (Å²) >= 11 is 3.28. The van der Waals surface area contributed by atoms with Crippen molar-refractivity contribution in [3.8, 4) is 0 Å². The Morgan fingerprint density at radius 3 is 3.24 bits per heavy atom. The number of nitrogens with zero attached hydrogens (tertiary/aromatic N) is 3. The molecule has 0 bridgehead atoms. The highest BCUT2D eigenvalue weighted by atomic mass is 32.2. The standard InChI is InChI=1S/C15H19N3OS2/c1-2-17-9-7-16-15(17)21-11-14(19)18-8-3-5-12(18)13-6-4-10-20-13/h4,6-7,9-10,12H,2-3,5,8,11H2,1H3. The number of imidazole rings is 1. The van der Waals surface area contributed by atoms with Gasteiger partial charge >= 0.3 is 0 Å². The summed E-state index contributed by atoms with van der Waals surface area (Å²) in [6.07, 6.45) is 5.93. The van der Waals surface area contributed by atoms with Gasteiger partial charge in [-0.15, -0.1) is 11.3 Å². The highest BCUT2D eigenvalue weighted by Crippen LogP contribution is 2.35. The largest absolute Gasteiger partial charge is 0.334 e. The molecule has 2 aromatic heterocycles. The fraction of sp³-hybridized carbons (Fsp3) is 0.467. The molecule has 3 heterocycles. The van der Waals surface area contributed by atoms with Gasteiger partial charge in [0.05, 0.1) is 11.8 Å². The van der Waals surface area contributed by atoms with E-state index in [0.717, 1.165) is 31.1 Å². The summed E-state index contributed by atoms with van der Waals surface area (Å²) < 4.78 is 2.07. The number of aryl methyl sites for hydroxylation is 1. The molecule has 1 fully saturated rings. The van der Waals surface area contributed by atoms with Crippen LogP contribution in [-0.2, 0) is 11.3 Å². The number of hydrogen-bond acceptors (Lipinski definition) is 4. The second kappa shape index (κ2) is 6.66. The zero-order valence-electron chi connectivity index (χ0n) is 12.1. The highest BCUT2D eigenvalue weighted by Gasteiger charge is 2.30. The van der Waals surface area contributed by atoms with Crippen molar-refractivity contribution in [2.24, 2.45) is 0 Å². The highest BCUT2D eigenvalue weighted by molar-refractivity contribution is 7.99. The Morgan fingerprint density at radius 1 is 1.57 bits per heavy atom. The number of rotatable bonds is 5. The minimum Gasteiger partial charge on any atom is -0.334 e. The van der Waals surface area contributed by atoms with Gasteiger partial charge in [0.2, 0.25) is 5.91 Å². The van der Waals surface area contributed by atoms with Crippen LogP contribution < -0.4 is 0 Å². The van der Waals surface area contributed by atoms with Crippen LogP contribution in [0.2, 0.25) is 0 Å². The van der Waals surface area contributed by atoms with E-state index in [2.05, 4.69) is 34.0 Å². The topological polar surface area (TPSA) is 38.1 Å². The Bertz CT molecular complexity index is 594. The summed E-state index contributed by atoms with van der Waals surface area (Å²) in [5.74, 6) is 0.695. The van der Waals surface area contributed by atoms with Crippen LogP contribution in [0.25, 0.3) is 0 Å². The Morgan fingerprint density at radius 2 is 2.48 bits per heavy atom. The van der Waals surface area contributed by atoms with Crippen LogP contribution in [-0.4, -0.2) is 32.7 Å². The molecule has 21 heavy (non-hydrogen) atoms. The van der Waals surface area contributed by atoms with E-state index in [9.17, 15) is 4.79 Å². The third-order valence-electron chi connectivity index (χ3n) is 3.79. The maximum absolute atomic E-state index is 12.5. The van der Waals surface area contributed by atoms with E-state index in [1.807, 2.05) is 11.1 Å². The van der Waals surface area contributed by atoms with Crippen LogP contribution in [0.5, 0.6) is 0 Å². The summed E-state index contributed by atoms with van der Waals surface area (Å²) in [5, 5.41) is 3.01. The predicted octanol–water partition coefficient (Wildman–Crippen LogP) is 3.42. The lowest BCUT2D eigenvalue weighted by atomic mass is 10.2. The lowest BCUT2D eigenvalue weighted by Gasteiger charge is -2.23. The summed E-state index contributed by atoms with van der Waals surface area (Å²) in [7, 11) is 0. The van der Waals surface area contributed by atoms with Gasteiger partial charge in [-0.1, -0.05) is 17.8 Å². The molecular formula is C15H19N3OS2. The van der Waals surface area contributed by atoms with Crippen LogP contribution in [0.1, 0.15) is 30.7 Å². The minimum atomic E-state index is 0.224. The first kappa shape index (κ1) is 14.7. The van der Waals surface area contributed by atoms with Gasteiger partial charge in [-0.3, -0.25) is 4.79 Å². The van der Waals surface area contributed by atoms with Crippen LogP contribution in [0.4, 0.5) is 0 Å². The van der Waals surface area contributed by atoms with Gasteiger partial charge < -0.3 is 9.47 Å². The van der Waals surface area contributed by atoms with E-state index < -0.39 is 0 Å². The molecule has 1 amide bonds. The van der Waals surface area contributed by atoms with Crippen LogP contribution >= 0.6 is 23.1 Å². The Hall–Kier alpha value is -1.27. The summed E-state index contributed by atoms with van der Waals surface area (Å²) in [5.41, 5.74) is 0. The van der Waals surface area contributed by atoms with Crippen molar-refractivity contribution in [2.45, 2.75) is 37.5 Å². The summed E-state index contributed by atoms with van der Waals surface area (Å²) in [6.45, 7) is 3.85. The quantitative estimate of drug-likeness (QED) is 0.792. The molecule has 4 nitrogen and oxygen atoms in total. The molecule has 6 heteroatoms. The van der Waals surface area contributed by atoms with Crippen molar-refractivity contribution in [3.63, 3.8) is 0 Å². The van der Waals surface area contributed by atoms with Gasteiger partial charge in [0, 0.05) is 30.4 Å². The van der Waals surface area contributed by atoms with Gasteiger partial charge in [0.25, 0.3) is 0 Å². The second-order valence-corrected chi connectivity index (χ2v) is 6.97. The van der Waals surface area contributed by atoms with Crippen LogP contribution in [0.3, 0.4) is 0 Å². The summed E-state index contributed by atoms with van der Waals surface area (Å²) in [6, 6.07) is 4.48. The van der Waals surface area contributed by atoms with Crippen LogP contribution in [0.15, 0.2) is 35.1 Å². The minimum absolute atomic E-state index is 0.224. The van der Waals surface area contributed by atoms with E-state index in [1.54, 1.807) is 17.5 Å². The molecule has 0 aliphatic carbocycles. The number of carbonyl (C=O) groups is 1. The monoisotopic (exact) mass is 321 g/mol. The third-order valence-corrected chi connectivity index (χ3v) is 5.75. The average Bonchev–Trinajstić information content (AvgIpc) is 3.23. The first-order valence-corrected chi connectivity index (χ1v) is 9.13. The molecule has 1 atom stereocenters. The zero-order valence-corrected chi connectivity index (χ0v) is 13.7. The molecule has 3 rings (SSSR count). The molecule has 0 saturated carbocycles. The van der Waals surface area contributed by atoms with Crippen molar-refractivity contribution in [1.29, 1.82) is 0 Å². The van der Waals surface area contributed by atoms with Crippen molar-refractivity contribution < 1.29 is 4.79 Å². The molecule has 1 saturated heterocycles. The fourth-order valence-corrected chi connectivity index (χ4v) is 4.51. The van der Waals surface area contributed by atoms with Gasteiger partial charge in [-0.25, -0.2) is 4.98 Å². The fourth-order valence-electron chi connectivity index (χ4n) is 2.73. The Labute approximate surface area is 133 Å². The van der Waals surface area contributed by atoms with E-state index in [1.165, 1.54) is 16.6 Å². The molecule has 112 valence electrons. The van der Waals surface area contributed by atoms with Crippen LogP contribution in [0, 0.1) is 0 Å². The van der Waals surface area contributed by atoms with Crippen molar-refractivity contribution in [1.82, 2.24) is 14.5 Å². The van der Waals surface area contributed by atoms with E-state index >= 15 is 0 Å². The van der Waals surface area contributed by atoms with Crippen molar-refractivity contribution in [3.05, 3.63) is 34.8 Å². The molecule has 0 N–H and O–H groups in total. The van der Waals surface area contributed by atoms with Crippen molar-refractivity contribution >= 4 is 29.0 Å². The lowest BCUT2D eigenvalue weighted by molar-refractivity contribution is -0.129. The van der Waals surface area contributed by atoms with Gasteiger partial charge in [0.1, 0.15) is 0 Å². The predicted molar refractivity (Wildman–Crippen MR) is 86.6 cm³/mol. The lowest BCUT2D eigenvalue weighted by Crippen LogP contribution is -2.31. The number of thiophene rings is 1. The number of amides is 1. The smallest absolute Gasteiger partial charge is 0.233 e. The van der Waals surface area contributed by atoms with E-state index in [0.29, 0.717) is 5.75 Å². The maximum Gasteiger partial charge on any atom is 0.233 e. The molecule has 1 aliphatic heterocycles. The van der Waals surface area contributed by atoms with Gasteiger partial charge in [-0.05, 0) is 31.2 Å². The maximum atomic E-state index is 12.5. The number of aromatic nitrogens is 2. The SMILES string of the molecule is CCn1ccnc1SCC(=O)N1CCCC1c1cccs1. The molecule has 1 aliphatic rings. The second-order valence-electron chi connectivity index (χ2n) is 5.05. The average molecular weight is 321 g/mol. The van der Waals surface area contributed by atoms with E-state index in [-0.39, 0.29) is 11.9 Å². The number of likely N-dealkylation sites (tertiary alicyclic amines) is 1. The van der Waals surface area contributed by atoms with Gasteiger partial charge in [-0.2, -0.15) is 0 Å². The summed E-state index contributed by atoms with van der Waals surface area (Å²) in [4.78, 5) is 20.2.